The van der Waals surface area contributed by atoms with E-state index in [1.807, 2.05) is 19.1 Å². The Labute approximate surface area is 206 Å². The normalized spacial score (nSPS) is 10.7. The van der Waals surface area contributed by atoms with Gasteiger partial charge in [-0.2, -0.15) is 0 Å². The van der Waals surface area contributed by atoms with Crippen LogP contribution < -0.4 is 0 Å². The Kier molecular flexibility index (Phi) is 7.52. The molecule has 0 saturated carbocycles. The minimum Gasteiger partial charge on any atom is -0.206 e. The van der Waals surface area contributed by atoms with Crippen molar-refractivity contribution in [3.63, 3.8) is 0 Å². The predicted octanol–water partition coefficient (Wildman–Crippen LogP) is 7.84. The molecule has 0 saturated heterocycles. The molecule has 0 unspecified atom stereocenters. The van der Waals surface area contributed by atoms with Crippen molar-refractivity contribution in [2.45, 2.75) is 19.8 Å². The van der Waals surface area contributed by atoms with Crippen molar-refractivity contribution in [3.8, 4) is 23.7 Å². The highest BCUT2D eigenvalue weighted by Crippen LogP contribution is 2.24. The van der Waals surface area contributed by atoms with E-state index in [-0.39, 0.29) is 16.3 Å². The molecular weight excluding hydrogens is 467 g/mol. The molecule has 0 fully saturated rings. The molecule has 4 aromatic rings. The van der Waals surface area contributed by atoms with Crippen LogP contribution in [0.1, 0.15) is 41.2 Å². The second-order valence-electron chi connectivity index (χ2n) is 8.04. The van der Waals surface area contributed by atoms with Crippen molar-refractivity contribution in [1.29, 1.82) is 0 Å². The van der Waals surface area contributed by atoms with Crippen LogP contribution in [0.2, 0.25) is 0 Å². The van der Waals surface area contributed by atoms with Crippen molar-refractivity contribution in [2.24, 2.45) is 0 Å². The molecule has 5 heteroatoms. The second-order valence-corrected chi connectivity index (χ2v) is 8.04. The molecule has 0 bridgehead atoms. The van der Waals surface area contributed by atoms with Crippen LogP contribution in [0.4, 0.5) is 22.0 Å². The largest absolute Gasteiger partial charge is 0.206 e. The summed E-state index contributed by atoms with van der Waals surface area (Å²) in [6.07, 6.45) is 5.07. The molecule has 0 amide bonds. The van der Waals surface area contributed by atoms with Gasteiger partial charge in [-0.25, -0.2) is 22.0 Å². The van der Waals surface area contributed by atoms with Gasteiger partial charge in [0.1, 0.15) is 11.6 Å². The zero-order valence-electron chi connectivity index (χ0n) is 19.2. The summed E-state index contributed by atoms with van der Waals surface area (Å²) in [5, 5.41) is 0.174. The molecule has 0 aliphatic heterocycles. The van der Waals surface area contributed by atoms with Crippen molar-refractivity contribution < 1.29 is 22.0 Å². The summed E-state index contributed by atoms with van der Waals surface area (Å²) in [6.45, 7) is 1.89. The first kappa shape index (κ1) is 24.8. The lowest BCUT2D eigenvalue weighted by molar-refractivity contribution is 0.453. The van der Waals surface area contributed by atoms with Crippen LogP contribution in [0, 0.1) is 52.8 Å². The third-order valence-corrected chi connectivity index (χ3v) is 5.48. The SMILES string of the molecule is C/C=C/CCc1cc(F)c(C#Cc2ccc(C#Cc3ccc4c(F)c(F)c(F)cc4c3)cc2)c(F)c1. The van der Waals surface area contributed by atoms with E-state index in [9.17, 15) is 22.0 Å². The Bertz CT molecular complexity index is 1570. The van der Waals surface area contributed by atoms with Gasteiger partial charge in [0.25, 0.3) is 0 Å². The molecule has 4 aromatic carbocycles. The number of allylic oxidation sites excluding steroid dienone is 2. The Hall–Kier alpha value is -4.35. The first-order chi connectivity index (χ1) is 17.4. The highest BCUT2D eigenvalue weighted by Gasteiger charge is 2.13. The van der Waals surface area contributed by atoms with Gasteiger partial charge in [0.15, 0.2) is 17.5 Å². The Morgan fingerprint density at radius 1 is 0.639 bits per heavy atom. The molecule has 0 N–H and O–H groups in total. The molecule has 0 nitrogen and oxygen atoms in total. The van der Waals surface area contributed by atoms with E-state index in [0.717, 1.165) is 6.07 Å². The number of benzene rings is 4. The maximum atomic E-state index is 14.4. The van der Waals surface area contributed by atoms with Crippen molar-refractivity contribution in [2.75, 3.05) is 0 Å². The summed E-state index contributed by atoms with van der Waals surface area (Å²) in [7, 11) is 0. The molecule has 178 valence electrons. The number of fused-ring (bicyclic) bond motifs is 1. The fourth-order valence-electron chi connectivity index (χ4n) is 3.60. The minimum atomic E-state index is -1.51. The highest BCUT2D eigenvalue weighted by atomic mass is 19.2. The van der Waals surface area contributed by atoms with Gasteiger partial charge in [-0.05, 0) is 85.3 Å². The van der Waals surface area contributed by atoms with Gasteiger partial charge in [0.05, 0.1) is 5.56 Å². The molecule has 0 radical (unpaired) electrons. The molecule has 0 atom stereocenters. The lowest BCUT2D eigenvalue weighted by atomic mass is 10.0. The van der Waals surface area contributed by atoms with Gasteiger partial charge < -0.3 is 0 Å². The van der Waals surface area contributed by atoms with Crippen LogP contribution in [0.5, 0.6) is 0 Å². The van der Waals surface area contributed by atoms with Gasteiger partial charge in [-0.15, -0.1) is 0 Å². The Balaban J connectivity index is 1.51. The molecule has 0 heterocycles. The van der Waals surface area contributed by atoms with Gasteiger partial charge in [0.2, 0.25) is 0 Å². The lowest BCUT2D eigenvalue weighted by Gasteiger charge is -2.03. The van der Waals surface area contributed by atoms with Crippen LogP contribution in [-0.4, -0.2) is 0 Å². The quantitative estimate of drug-likeness (QED) is 0.120. The van der Waals surface area contributed by atoms with Crippen LogP contribution in [0.15, 0.2) is 72.8 Å². The van der Waals surface area contributed by atoms with Gasteiger partial charge >= 0.3 is 0 Å². The summed E-state index contributed by atoms with van der Waals surface area (Å²) < 4.78 is 69.5. The monoisotopic (exact) mass is 486 g/mol. The van der Waals surface area contributed by atoms with E-state index in [1.54, 1.807) is 24.3 Å². The van der Waals surface area contributed by atoms with Crippen molar-refractivity contribution in [3.05, 3.63) is 130 Å². The van der Waals surface area contributed by atoms with Crippen LogP contribution >= 0.6 is 0 Å². The zero-order valence-corrected chi connectivity index (χ0v) is 19.2. The molecule has 0 aliphatic carbocycles. The predicted molar refractivity (Wildman–Crippen MR) is 132 cm³/mol. The number of hydrogen-bond donors (Lipinski definition) is 0. The topological polar surface area (TPSA) is 0 Å². The highest BCUT2D eigenvalue weighted by molar-refractivity contribution is 5.84. The van der Waals surface area contributed by atoms with Crippen LogP contribution in [0.25, 0.3) is 10.8 Å². The molecular formula is C31H19F5. The molecule has 4 rings (SSSR count). The fourth-order valence-corrected chi connectivity index (χ4v) is 3.60. The van der Waals surface area contributed by atoms with E-state index in [1.165, 1.54) is 30.3 Å². The van der Waals surface area contributed by atoms with Gasteiger partial charge in [-0.1, -0.05) is 41.9 Å². The molecule has 0 aliphatic rings. The summed E-state index contributed by atoms with van der Waals surface area (Å²) >= 11 is 0. The average molecular weight is 486 g/mol. The summed E-state index contributed by atoms with van der Waals surface area (Å²) in [5.41, 5.74) is 1.98. The van der Waals surface area contributed by atoms with E-state index in [2.05, 4.69) is 23.7 Å². The molecule has 36 heavy (non-hydrogen) atoms. The number of hydrogen-bond acceptors (Lipinski definition) is 0. The minimum absolute atomic E-state index is 0.0291. The standard InChI is InChI=1S/C31H19F5/c1-2-3-4-5-23-17-27(32)26(28(33)18-23)15-12-21-8-6-20(7-9-21)10-11-22-13-14-25-24(16-22)19-29(34)31(36)30(25)35/h2-3,6-9,13-14,16-19H,4-5H2,1H3/b3-2+. The van der Waals surface area contributed by atoms with E-state index < -0.39 is 29.1 Å². The van der Waals surface area contributed by atoms with Crippen LogP contribution in [-0.2, 0) is 6.42 Å². The lowest BCUT2D eigenvalue weighted by Crippen LogP contribution is -1.95. The fraction of sp³-hybridized carbons (Fsp3) is 0.0968. The van der Waals surface area contributed by atoms with Gasteiger partial charge in [0, 0.05) is 22.1 Å². The third kappa shape index (κ3) is 5.65. The summed E-state index contributed by atoms with van der Waals surface area (Å²) in [4.78, 5) is 0. The number of rotatable bonds is 3. The first-order valence-electron chi connectivity index (χ1n) is 11.2. The van der Waals surface area contributed by atoms with Crippen molar-refractivity contribution in [1.82, 2.24) is 0 Å². The van der Waals surface area contributed by atoms with E-state index in [4.69, 9.17) is 0 Å². The zero-order chi connectivity index (χ0) is 25.7. The average Bonchev–Trinajstić information content (AvgIpc) is 2.86. The second kappa shape index (κ2) is 10.9. The third-order valence-electron chi connectivity index (χ3n) is 5.48. The smallest absolute Gasteiger partial charge is 0.195 e. The Morgan fingerprint density at radius 3 is 1.86 bits per heavy atom. The van der Waals surface area contributed by atoms with E-state index in [0.29, 0.717) is 35.1 Å². The summed E-state index contributed by atoms with van der Waals surface area (Å²) in [5.74, 6) is 5.75. The maximum absolute atomic E-state index is 14.4. The molecule has 0 aromatic heterocycles. The maximum Gasteiger partial charge on any atom is 0.195 e. The van der Waals surface area contributed by atoms with Gasteiger partial charge in [-0.3, -0.25) is 0 Å². The van der Waals surface area contributed by atoms with Crippen LogP contribution in [0.3, 0.4) is 0 Å². The Morgan fingerprint density at radius 2 is 1.22 bits per heavy atom. The first-order valence-corrected chi connectivity index (χ1v) is 11.2. The van der Waals surface area contributed by atoms with E-state index >= 15 is 0 Å². The molecule has 0 spiro atoms. The number of aryl methyl sites for hydroxylation is 1. The summed E-state index contributed by atoms with van der Waals surface area (Å²) in [6, 6.07) is 14.6. The van der Waals surface area contributed by atoms with Crippen molar-refractivity contribution >= 4 is 10.8 Å². The number of halogens is 5.